The van der Waals surface area contributed by atoms with Gasteiger partial charge in [0, 0.05) is 20.3 Å². The number of hydrogen-bond donors (Lipinski definition) is 2. The molecule has 0 aromatic heterocycles. The van der Waals surface area contributed by atoms with Crippen LogP contribution in [0, 0.1) is 5.92 Å². The Balaban J connectivity index is 3.44. The molecule has 4 heteroatoms. The summed E-state index contributed by atoms with van der Waals surface area (Å²) in [5.41, 5.74) is 0. The number of nitrogens with one attached hydrogen (secondary N) is 2. The monoisotopic (exact) mass is 258 g/mol. The molecule has 0 spiro atoms. The van der Waals surface area contributed by atoms with Crippen molar-refractivity contribution in [2.75, 3.05) is 26.8 Å². The van der Waals surface area contributed by atoms with Crippen LogP contribution in [0.15, 0.2) is 0 Å². The van der Waals surface area contributed by atoms with Crippen LogP contribution in [0.5, 0.6) is 0 Å². The number of carbonyl (C=O) groups excluding carboxylic acids is 1. The summed E-state index contributed by atoms with van der Waals surface area (Å²) < 4.78 is 4.93. The molecule has 0 aromatic carbocycles. The van der Waals surface area contributed by atoms with Gasteiger partial charge in [0.05, 0.1) is 6.04 Å². The van der Waals surface area contributed by atoms with Crippen molar-refractivity contribution in [2.45, 2.75) is 52.5 Å². The molecular formula is C14H30N2O2. The van der Waals surface area contributed by atoms with Gasteiger partial charge in [-0.1, -0.05) is 26.7 Å². The van der Waals surface area contributed by atoms with Gasteiger partial charge < -0.3 is 15.4 Å². The minimum Gasteiger partial charge on any atom is -0.385 e. The number of carbonyl (C=O) groups is 1. The van der Waals surface area contributed by atoms with Gasteiger partial charge in [-0.2, -0.15) is 0 Å². The molecule has 18 heavy (non-hydrogen) atoms. The van der Waals surface area contributed by atoms with Crippen molar-refractivity contribution in [1.82, 2.24) is 10.6 Å². The highest BCUT2D eigenvalue weighted by molar-refractivity contribution is 5.81. The van der Waals surface area contributed by atoms with E-state index in [1.165, 1.54) is 12.8 Å². The van der Waals surface area contributed by atoms with E-state index in [0.717, 1.165) is 25.3 Å². The predicted octanol–water partition coefficient (Wildman–Crippen LogP) is 1.94. The molecule has 108 valence electrons. The van der Waals surface area contributed by atoms with Gasteiger partial charge in [0.1, 0.15) is 0 Å². The molecule has 0 rings (SSSR count). The second kappa shape index (κ2) is 11.5. The van der Waals surface area contributed by atoms with Crippen LogP contribution in [0.1, 0.15) is 46.5 Å². The van der Waals surface area contributed by atoms with Gasteiger partial charge in [-0.05, 0) is 32.2 Å². The van der Waals surface area contributed by atoms with E-state index in [-0.39, 0.29) is 11.9 Å². The molecule has 1 amide bonds. The number of unbranched alkanes of at least 4 members (excludes halogenated alkanes) is 1. The SMILES string of the molecule is COCCCNC(=O)C(C)NCCCCC(C)C. The van der Waals surface area contributed by atoms with Crippen molar-refractivity contribution in [1.29, 1.82) is 0 Å². The third-order valence-electron chi connectivity index (χ3n) is 2.88. The fraction of sp³-hybridized carbons (Fsp3) is 0.929. The molecule has 0 heterocycles. The van der Waals surface area contributed by atoms with Crippen molar-refractivity contribution in [3.05, 3.63) is 0 Å². The Kier molecular flexibility index (Phi) is 11.1. The van der Waals surface area contributed by atoms with E-state index in [4.69, 9.17) is 4.74 Å². The molecule has 0 aliphatic carbocycles. The Labute approximate surface area is 112 Å². The van der Waals surface area contributed by atoms with Gasteiger partial charge in [-0.15, -0.1) is 0 Å². The molecule has 0 radical (unpaired) electrons. The maximum absolute atomic E-state index is 11.7. The largest absolute Gasteiger partial charge is 0.385 e. The number of amides is 1. The Bertz CT molecular complexity index is 208. The molecule has 0 saturated heterocycles. The summed E-state index contributed by atoms with van der Waals surface area (Å²) in [6, 6.07) is -0.105. The molecule has 0 aliphatic heterocycles. The minimum atomic E-state index is -0.105. The highest BCUT2D eigenvalue weighted by Gasteiger charge is 2.10. The average molecular weight is 258 g/mol. The molecule has 0 bridgehead atoms. The van der Waals surface area contributed by atoms with E-state index < -0.39 is 0 Å². The summed E-state index contributed by atoms with van der Waals surface area (Å²) in [5.74, 6) is 0.849. The Morgan fingerprint density at radius 2 is 1.83 bits per heavy atom. The zero-order chi connectivity index (χ0) is 13.8. The first-order valence-electron chi connectivity index (χ1n) is 7.08. The second-order valence-corrected chi connectivity index (χ2v) is 5.20. The van der Waals surface area contributed by atoms with E-state index in [1.54, 1.807) is 7.11 Å². The first-order valence-corrected chi connectivity index (χ1v) is 7.08. The normalized spacial score (nSPS) is 12.7. The third-order valence-corrected chi connectivity index (χ3v) is 2.88. The van der Waals surface area contributed by atoms with E-state index in [2.05, 4.69) is 24.5 Å². The fourth-order valence-corrected chi connectivity index (χ4v) is 1.67. The molecule has 0 aliphatic rings. The summed E-state index contributed by atoms with van der Waals surface area (Å²) in [6.45, 7) is 8.68. The first-order chi connectivity index (χ1) is 8.57. The lowest BCUT2D eigenvalue weighted by Gasteiger charge is -2.14. The van der Waals surface area contributed by atoms with Crippen LogP contribution in [0.3, 0.4) is 0 Å². The van der Waals surface area contributed by atoms with Gasteiger partial charge in [0.2, 0.25) is 5.91 Å². The second-order valence-electron chi connectivity index (χ2n) is 5.20. The zero-order valence-corrected chi connectivity index (χ0v) is 12.4. The number of rotatable bonds is 11. The summed E-state index contributed by atoms with van der Waals surface area (Å²) in [4.78, 5) is 11.7. The summed E-state index contributed by atoms with van der Waals surface area (Å²) in [5, 5.41) is 6.15. The van der Waals surface area contributed by atoms with Crippen LogP contribution >= 0.6 is 0 Å². The van der Waals surface area contributed by atoms with Gasteiger partial charge in [-0.25, -0.2) is 0 Å². The van der Waals surface area contributed by atoms with E-state index in [9.17, 15) is 4.79 Å². The zero-order valence-electron chi connectivity index (χ0n) is 12.4. The summed E-state index contributed by atoms with van der Waals surface area (Å²) in [6.07, 6.45) is 4.49. The van der Waals surface area contributed by atoms with Crippen molar-refractivity contribution in [3.8, 4) is 0 Å². The lowest BCUT2D eigenvalue weighted by atomic mass is 10.1. The third kappa shape index (κ3) is 10.5. The smallest absolute Gasteiger partial charge is 0.236 e. The van der Waals surface area contributed by atoms with Crippen molar-refractivity contribution in [3.63, 3.8) is 0 Å². The Morgan fingerprint density at radius 1 is 1.11 bits per heavy atom. The molecule has 1 atom stereocenters. The maximum atomic E-state index is 11.7. The van der Waals surface area contributed by atoms with Gasteiger partial charge in [0.15, 0.2) is 0 Å². The average Bonchev–Trinajstić information content (AvgIpc) is 2.33. The topological polar surface area (TPSA) is 50.4 Å². The fourth-order valence-electron chi connectivity index (χ4n) is 1.67. The number of ether oxygens (including phenoxy) is 1. The molecule has 0 aromatic rings. The van der Waals surface area contributed by atoms with Gasteiger partial charge in [-0.3, -0.25) is 4.79 Å². The quantitative estimate of drug-likeness (QED) is 0.557. The minimum absolute atomic E-state index is 0.0787. The maximum Gasteiger partial charge on any atom is 0.236 e. The highest BCUT2D eigenvalue weighted by atomic mass is 16.5. The van der Waals surface area contributed by atoms with Gasteiger partial charge in [0.25, 0.3) is 0 Å². The molecule has 0 fully saturated rings. The molecule has 4 nitrogen and oxygen atoms in total. The lowest BCUT2D eigenvalue weighted by Crippen LogP contribution is -2.42. The Morgan fingerprint density at radius 3 is 2.44 bits per heavy atom. The standard InChI is InChI=1S/C14H30N2O2/c1-12(2)8-5-6-9-15-13(3)14(17)16-10-7-11-18-4/h12-13,15H,5-11H2,1-4H3,(H,16,17). The number of methoxy groups -OCH3 is 1. The van der Waals surface area contributed by atoms with Crippen LogP contribution in [0.25, 0.3) is 0 Å². The van der Waals surface area contributed by atoms with E-state index >= 15 is 0 Å². The predicted molar refractivity (Wildman–Crippen MR) is 75.7 cm³/mol. The molecular weight excluding hydrogens is 228 g/mol. The highest BCUT2D eigenvalue weighted by Crippen LogP contribution is 2.05. The van der Waals surface area contributed by atoms with Crippen molar-refractivity contribution in [2.24, 2.45) is 5.92 Å². The van der Waals surface area contributed by atoms with E-state index in [0.29, 0.717) is 13.2 Å². The molecule has 1 unspecified atom stereocenters. The molecule has 2 N–H and O–H groups in total. The van der Waals surface area contributed by atoms with Crippen LogP contribution in [0.4, 0.5) is 0 Å². The summed E-state index contributed by atoms with van der Waals surface area (Å²) in [7, 11) is 1.67. The van der Waals surface area contributed by atoms with Gasteiger partial charge >= 0.3 is 0 Å². The summed E-state index contributed by atoms with van der Waals surface area (Å²) >= 11 is 0. The number of hydrogen-bond acceptors (Lipinski definition) is 3. The molecule has 0 saturated carbocycles. The van der Waals surface area contributed by atoms with E-state index in [1.807, 2.05) is 6.92 Å². The van der Waals surface area contributed by atoms with Crippen molar-refractivity contribution >= 4 is 5.91 Å². The Hall–Kier alpha value is -0.610. The van der Waals surface area contributed by atoms with Crippen LogP contribution < -0.4 is 10.6 Å². The van der Waals surface area contributed by atoms with Crippen LogP contribution in [-0.4, -0.2) is 38.8 Å². The van der Waals surface area contributed by atoms with Crippen molar-refractivity contribution < 1.29 is 9.53 Å². The van der Waals surface area contributed by atoms with Crippen LogP contribution in [0.2, 0.25) is 0 Å². The lowest BCUT2D eigenvalue weighted by molar-refractivity contribution is -0.122. The van der Waals surface area contributed by atoms with Crippen LogP contribution in [-0.2, 0) is 9.53 Å². The first kappa shape index (κ1) is 17.4.